The van der Waals surface area contributed by atoms with Gasteiger partial charge in [0.1, 0.15) is 11.5 Å². The minimum Gasteiger partial charge on any atom is -0.507 e. The molecule has 0 amide bonds. The number of hydrogen-bond donors (Lipinski definition) is 2. The molecule has 0 aliphatic heterocycles. The van der Waals surface area contributed by atoms with Gasteiger partial charge in [0.05, 0.1) is 0 Å². The summed E-state index contributed by atoms with van der Waals surface area (Å²) in [6.45, 7) is 0. The molecule has 0 spiro atoms. The molecule has 0 aromatic heterocycles. The van der Waals surface area contributed by atoms with Gasteiger partial charge in [-0.1, -0.05) is 44.0 Å². The van der Waals surface area contributed by atoms with Crippen LogP contribution in [0.3, 0.4) is 0 Å². The Hall–Kier alpha value is -1.92. The van der Waals surface area contributed by atoms with Crippen molar-refractivity contribution >= 4 is 31.9 Å². The van der Waals surface area contributed by atoms with Gasteiger partial charge in [-0.05, 0) is 36.4 Å². The van der Waals surface area contributed by atoms with Crippen LogP contribution in [0.1, 0.15) is 0 Å². The third-order valence-electron chi connectivity index (χ3n) is 3.58. The first-order chi connectivity index (χ1) is 11.4. The molecule has 0 saturated heterocycles. The number of aromatic hydroxyl groups is 2. The van der Waals surface area contributed by atoms with Crippen molar-refractivity contribution in [1.29, 1.82) is 0 Å². The van der Waals surface area contributed by atoms with E-state index in [2.05, 4.69) is 31.9 Å². The van der Waals surface area contributed by atoms with Gasteiger partial charge in [-0.25, -0.2) is 8.78 Å². The van der Waals surface area contributed by atoms with Crippen LogP contribution in [0.2, 0.25) is 0 Å². The molecule has 2 N–H and O–H groups in total. The van der Waals surface area contributed by atoms with Crippen molar-refractivity contribution in [2.24, 2.45) is 0 Å². The Kier molecular flexibility index (Phi) is 4.60. The molecular formula is C18H10Br2F2O2. The van der Waals surface area contributed by atoms with Crippen molar-refractivity contribution < 1.29 is 19.0 Å². The van der Waals surface area contributed by atoms with Gasteiger partial charge in [0, 0.05) is 31.2 Å². The SMILES string of the molecule is Oc1ccc(Br)cc1-c1ccc(-c2cc(Br)ccc2O)c(F)c1F. The summed E-state index contributed by atoms with van der Waals surface area (Å²) in [5, 5.41) is 19.8. The largest absolute Gasteiger partial charge is 0.507 e. The highest BCUT2D eigenvalue weighted by molar-refractivity contribution is 9.10. The predicted molar refractivity (Wildman–Crippen MR) is 96.0 cm³/mol. The smallest absolute Gasteiger partial charge is 0.167 e. The molecule has 0 bridgehead atoms. The van der Waals surface area contributed by atoms with Gasteiger partial charge in [0.15, 0.2) is 11.6 Å². The van der Waals surface area contributed by atoms with Gasteiger partial charge in [0.25, 0.3) is 0 Å². The molecule has 2 nitrogen and oxygen atoms in total. The lowest BCUT2D eigenvalue weighted by Gasteiger charge is -2.12. The summed E-state index contributed by atoms with van der Waals surface area (Å²) >= 11 is 6.48. The zero-order chi connectivity index (χ0) is 17.4. The number of halogens is 4. The molecule has 0 radical (unpaired) electrons. The lowest BCUT2D eigenvalue weighted by atomic mass is 9.98. The van der Waals surface area contributed by atoms with Gasteiger partial charge in [-0.3, -0.25) is 0 Å². The highest BCUT2D eigenvalue weighted by Crippen LogP contribution is 2.39. The molecule has 24 heavy (non-hydrogen) atoms. The second-order valence-electron chi connectivity index (χ2n) is 5.11. The zero-order valence-electron chi connectivity index (χ0n) is 12.0. The molecule has 0 saturated carbocycles. The number of benzene rings is 3. The Morgan fingerprint density at radius 3 is 1.33 bits per heavy atom. The van der Waals surface area contributed by atoms with E-state index in [0.29, 0.717) is 8.95 Å². The fourth-order valence-corrected chi connectivity index (χ4v) is 3.14. The molecule has 0 aliphatic carbocycles. The summed E-state index contributed by atoms with van der Waals surface area (Å²) < 4.78 is 30.4. The van der Waals surface area contributed by atoms with Crippen LogP contribution in [-0.4, -0.2) is 10.2 Å². The second kappa shape index (κ2) is 6.53. The highest BCUT2D eigenvalue weighted by atomic mass is 79.9. The second-order valence-corrected chi connectivity index (χ2v) is 6.94. The molecular weight excluding hydrogens is 446 g/mol. The Morgan fingerprint density at radius 1 is 0.583 bits per heavy atom. The summed E-state index contributed by atoms with van der Waals surface area (Å²) in [6, 6.07) is 11.7. The summed E-state index contributed by atoms with van der Waals surface area (Å²) in [5.74, 6) is -2.51. The van der Waals surface area contributed by atoms with Gasteiger partial charge in [-0.15, -0.1) is 0 Å². The summed E-state index contributed by atoms with van der Waals surface area (Å²) in [4.78, 5) is 0. The van der Waals surface area contributed by atoms with Crippen molar-refractivity contribution in [3.8, 4) is 33.8 Å². The minimum absolute atomic E-state index is 0.0652. The van der Waals surface area contributed by atoms with E-state index >= 15 is 0 Å². The molecule has 0 heterocycles. The van der Waals surface area contributed by atoms with Crippen molar-refractivity contribution in [2.45, 2.75) is 0 Å². The number of phenolic OH excluding ortho intramolecular Hbond substituents is 2. The van der Waals surface area contributed by atoms with Gasteiger partial charge in [0.2, 0.25) is 0 Å². The van der Waals surface area contributed by atoms with Gasteiger partial charge >= 0.3 is 0 Å². The molecule has 0 unspecified atom stereocenters. The van der Waals surface area contributed by atoms with E-state index in [1.54, 1.807) is 12.1 Å². The average Bonchev–Trinajstić information content (AvgIpc) is 2.55. The van der Waals surface area contributed by atoms with E-state index in [1.165, 1.54) is 36.4 Å². The maximum absolute atomic E-state index is 14.6. The number of phenols is 2. The van der Waals surface area contributed by atoms with Crippen LogP contribution in [0.5, 0.6) is 11.5 Å². The summed E-state index contributed by atoms with van der Waals surface area (Å²) in [6.07, 6.45) is 0. The van der Waals surface area contributed by atoms with E-state index in [-0.39, 0.29) is 33.8 Å². The van der Waals surface area contributed by atoms with Crippen molar-refractivity contribution in [2.75, 3.05) is 0 Å². The maximum atomic E-state index is 14.6. The first kappa shape index (κ1) is 16.9. The normalized spacial score (nSPS) is 10.8. The molecule has 6 heteroatoms. The van der Waals surface area contributed by atoms with Crippen LogP contribution in [-0.2, 0) is 0 Å². The van der Waals surface area contributed by atoms with Gasteiger partial charge in [-0.2, -0.15) is 0 Å². The zero-order valence-corrected chi connectivity index (χ0v) is 15.2. The number of rotatable bonds is 2. The molecule has 122 valence electrons. The summed E-state index contributed by atoms with van der Waals surface area (Å²) in [5.41, 5.74) is 0.214. The molecule has 3 rings (SSSR count). The maximum Gasteiger partial charge on any atom is 0.167 e. The van der Waals surface area contributed by atoms with E-state index in [0.717, 1.165) is 0 Å². The first-order valence-corrected chi connectivity index (χ1v) is 8.43. The molecule has 0 aliphatic rings. The average molecular weight is 456 g/mol. The highest BCUT2D eigenvalue weighted by Gasteiger charge is 2.19. The van der Waals surface area contributed by atoms with E-state index in [1.807, 2.05) is 0 Å². The van der Waals surface area contributed by atoms with E-state index in [4.69, 9.17) is 0 Å². The fourth-order valence-electron chi connectivity index (χ4n) is 2.41. The Bertz CT molecular complexity index is 866. The Balaban J connectivity index is 2.20. The monoisotopic (exact) mass is 454 g/mol. The van der Waals surface area contributed by atoms with Crippen LogP contribution in [0.25, 0.3) is 22.3 Å². The predicted octanol–water partition coefficient (Wildman–Crippen LogP) is 6.24. The third kappa shape index (κ3) is 3.03. The van der Waals surface area contributed by atoms with Crippen LogP contribution in [0.15, 0.2) is 57.5 Å². The van der Waals surface area contributed by atoms with Crippen LogP contribution >= 0.6 is 31.9 Å². The van der Waals surface area contributed by atoms with Crippen molar-refractivity contribution in [3.63, 3.8) is 0 Å². The number of hydrogen-bond acceptors (Lipinski definition) is 2. The molecule has 0 atom stereocenters. The molecule has 0 fully saturated rings. The van der Waals surface area contributed by atoms with Crippen LogP contribution in [0.4, 0.5) is 8.78 Å². The lowest BCUT2D eigenvalue weighted by Crippen LogP contribution is -1.95. The Labute approximate surface area is 153 Å². The van der Waals surface area contributed by atoms with Crippen LogP contribution < -0.4 is 0 Å². The topological polar surface area (TPSA) is 40.5 Å². The third-order valence-corrected chi connectivity index (χ3v) is 4.57. The fraction of sp³-hybridized carbons (Fsp3) is 0. The lowest BCUT2D eigenvalue weighted by molar-refractivity contribution is 0.473. The Morgan fingerprint density at radius 2 is 0.958 bits per heavy atom. The van der Waals surface area contributed by atoms with Crippen LogP contribution in [0, 0.1) is 11.6 Å². The van der Waals surface area contributed by atoms with E-state index in [9.17, 15) is 19.0 Å². The van der Waals surface area contributed by atoms with Crippen molar-refractivity contribution in [1.82, 2.24) is 0 Å². The standard InChI is InChI=1S/C18H10Br2F2O2/c19-9-1-5-15(23)13(7-9)11-3-4-12(18(22)17(11)21)14-8-10(20)2-6-16(14)24/h1-8,23-24H. The summed E-state index contributed by atoms with van der Waals surface area (Å²) in [7, 11) is 0. The minimum atomic E-state index is -1.10. The van der Waals surface area contributed by atoms with Crippen molar-refractivity contribution in [3.05, 3.63) is 69.1 Å². The van der Waals surface area contributed by atoms with Gasteiger partial charge < -0.3 is 10.2 Å². The quantitative estimate of drug-likeness (QED) is 0.480. The molecule has 3 aromatic rings. The van der Waals surface area contributed by atoms with E-state index < -0.39 is 11.6 Å². The first-order valence-electron chi connectivity index (χ1n) is 6.84. The molecule has 3 aromatic carbocycles.